The topological polar surface area (TPSA) is 109 Å². The number of aldehydes is 1. The highest BCUT2D eigenvalue weighted by molar-refractivity contribution is 6.00. The van der Waals surface area contributed by atoms with Gasteiger partial charge in [-0.05, 0) is 55.2 Å². The Morgan fingerprint density at radius 3 is 2.74 bits per heavy atom. The molecule has 2 N–H and O–H groups in total. The first-order chi connectivity index (χ1) is 16.5. The molecule has 0 unspecified atom stereocenters. The van der Waals surface area contributed by atoms with E-state index < -0.39 is 0 Å². The number of nitrogens with zero attached hydrogens (tertiary/aromatic N) is 3. The first-order valence-corrected chi connectivity index (χ1v) is 11.7. The Hall–Kier alpha value is -3.81. The quantitative estimate of drug-likeness (QED) is 0.434. The van der Waals surface area contributed by atoms with Crippen molar-refractivity contribution in [2.45, 2.75) is 50.5 Å². The molecule has 0 bridgehead atoms. The number of amides is 1. The fourth-order valence-corrected chi connectivity index (χ4v) is 5.89. The molecule has 0 saturated heterocycles. The molecule has 3 aromatic heterocycles. The van der Waals surface area contributed by atoms with Crippen molar-refractivity contribution >= 4 is 28.5 Å². The summed E-state index contributed by atoms with van der Waals surface area (Å²) in [7, 11) is 0. The van der Waals surface area contributed by atoms with E-state index in [-0.39, 0.29) is 22.9 Å². The monoisotopic (exact) mass is 455 g/mol. The summed E-state index contributed by atoms with van der Waals surface area (Å²) in [5.74, 6) is 0.242. The van der Waals surface area contributed by atoms with Crippen LogP contribution < -0.4 is 10.9 Å². The zero-order valence-corrected chi connectivity index (χ0v) is 18.7. The molecular weight excluding hydrogens is 430 g/mol. The normalized spacial score (nSPS) is 23.5. The van der Waals surface area contributed by atoms with Crippen LogP contribution in [0.25, 0.3) is 16.3 Å². The number of carbonyl (C=O) groups is 2. The van der Waals surface area contributed by atoms with Gasteiger partial charge in [-0.1, -0.05) is 24.3 Å². The van der Waals surface area contributed by atoms with Crippen LogP contribution in [0.2, 0.25) is 0 Å². The number of carbonyl (C=O) groups excluding carboxylic acids is 2. The number of hydrogen-bond acceptors (Lipinski definition) is 5. The Bertz CT molecular complexity index is 1470. The minimum Gasteiger partial charge on any atom is -0.349 e. The van der Waals surface area contributed by atoms with Gasteiger partial charge in [-0.2, -0.15) is 10.2 Å². The second-order valence-corrected chi connectivity index (χ2v) is 9.80. The van der Waals surface area contributed by atoms with Gasteiger partial charge in [0.15, 0.2) is 0 Å². The number of nitrogens with one attached hydrogen (secondary N) is 2. The number of aryl methyl sites for hydroxylation is 1. The van der Waals surface area contributed by atoms with Gasteiger partial charge in [-0.3, -0.25) is 9.59 Å². The molecule has 8 nitrogen and oxygen atoms in total. The summed E-state index contributed by atoms with van der Waals surface area (Å²) in [6.07, 6.45) is 9.50. The predicted molar refractivity (Wildman–Crippen MR) is 127 cm³/mol. The van der Waals surface area contributed by atoms with E-state index in [2.05, 4.69) is 20.6 Å². The van der Waals surface area contributed by atoms with E-state index in [4.69, 9.17) is 0 Å². The maximum Gasteiger partial charge on any atom is 0.272 e. The van der Waals surface area contributed by atoms with Gasteiger partial charge in [0.05, 0.1) is 28.4 Å². The Balaban J connectivity index is 1.09. The predicted octanol–water partition coefficient (Wildman–Crippen LogP) is 3.16. The molecule has 6 rings (SSSR count). The van der Waals surface area contributed by atoms with Gasteiger partial charge < -0.3 is 10.1 Å². The lowest BCUT2D eigenvalue weighted by atomic mass is 9.49. The minimum atomic E-state index is -0.148. The average Bonchev–Trinajstić information content (AvgIpc) is 3.23. The lowest BCUT2D eigenvalue weighted by Gasteiger charge is -2.57. The Kier molecular flexibility index (Phi) is 4.83. The van der Waals surface area contributed by atoms with Crippen molar-refractivity contribution in [1.29, 1.82) is 0 Å². The van der Waals surface area contributed by atoms with E-state index in [0.717, 1.165) is 54.1 Å². The summed E-state index contributed by atoms with van der Waals surface area (Å²) in [6, 6.07) is 11.6. The summed E-state index contributed by atoms with van der Waals surface area (Å²) in [6.45, 7) is 0. The molecule has 2 saturated carbocycles. The number of fused-ring (bicyclic) bond motifs is 2. The van der Waals surface area contributed by atoms with Gasteiger partial charge in [0.1, 0.15) is 6.29 Å². The molecule has 0 aliphatic heterocycles. The Labute approximate surface area is 195 Å². The second kappa shape index (κ2) is 7.90. The second-order valence-electron chi connectivity index (χ2n) is 9.80. The maximum atomic E-state index is 12.9. The highest BCUT2D eigenvalue weighted by atomic mass is 16.2. The lowest BCUT2D eigenvalue weighted by molar-refractivity contribution is -0.107. The third-order valence-electron chi connectivity index (χ3n) is 7.54. The van der Waals surface area contributed by atoms with E-state index in [0.29, 0.717) is 29.7 Å². The molecular formula is C26H25N5O3. The van der Waals surface area contributed by atoms with Gasteiger partial charge in [0.25, 0.3) is 11.5 Å². The van der Waals surface area contributed by atoms with Crippen molar-refractivity contribution in [3.8, 4) is 0 Å². The molecule has 8 heteroatoms. The minimum absolute atomic E-state index is 0.0975. The van der Waals surface area contributed by atoms with Crippen molar-refractivity contribution in [3.63, 3.8) is 0 Å². The van der Waals surface area contributed by atoms with Gasteiger partial charge in [-0.25, -0.2) is 9.61 Å². The molecule has 34 heavy (non-hydrogen) atoms. The number of benzene rings is 1. The van der Waals surface area contributed by atoms with Crippen LogP contribution in [0.4, 0.5) is 0 Å². The van der Waals surface area contributed by atoms with Crippen molar-refractivity contribution in [2.24, 2.45) is 5.41 Å². The number of pyridine rings is 1. The van der Waals surface area contributed by atoms with Gasteiger partial charge in [0, 0.05) is 30.0 Å². The van der Waals surface area contributed by atoms with Crippen LogP contribution in [0.15, 0.2) is 53.6 Å². The van der Waals surface area contributed by atoms with Crippen LogP contribution in [0.3, 0.4) is 0 Å². The van der Waals surface area contributed by atoms with Gasteiger partial charge >= 0.3 is 0 Å². The molecule has 1 spiro atoms. The fraction of sp³-hybridized carbons (Fsp3) is 0.346. The molecule has 2 aliphatic rings. The summed E-state index contributed by atoms with van der Waals surface area (Å²) < 4.78 is 1.70. The number of rotatable bonds is 6. The average molecular weight is 456 g/mol. The highest BCUT2D eigenvalue weighted by Crippen LogP contribution is 2.62. The molecule has 2 fully saturated rings. The Morgan fingerprint density at radius 2 is 1.94 bits per heavy atom. The first-order valence-electron chi connectivity index (χ1n) is 11.7. The first kappa shape index (κ1) is 20.8. The van der Waals surface area contributed by atoms with Crippen molar-refractivity contribution in [3.05, 3.63) is 76.0 Å². The molecule has 0 atom stereocenters. The number of H-pyrrole nitrogens is 1. The van der Waals surface area contributed by atoms with E-state index >= 15 is 0 Å². The third-order valence-corrected chi connectivity index (χ3v) is 7.54. The van der Waals surface area contributed by atoms with E-state index in [1.54, 1.807) is 10.7 Å². The highest BCUT2D eigenvalue weighted by Gasteiger charge is 2.54. The molecule has 2 aliphatic carbocycles. The van der Waals surface area contributed by atoms with Crippen molar-refractivity contribution in [2.75, 3.05) is 0 Å². The summed E-state index contributed by atoms with van der Waals surface area (Å²) in [4.78, 5) is 35.6. The van der Waals surface area contributed by atoms with Gasteiger partial charge in [0.2, 0.25) is 0 Å². The zero-order chi connectivity index (χ0) is 23.3. The molecule has 1 aromatic carbocycles. The number of aromatic amines is 1. The zero-order valence-electron chi connectivity index (χ0n) is 18.7. The van der Waals surface area contributed by atoms with Crippen LogP contribution >= 0.6 is 0 Å². The third kappa shape index (κ3) is 3.41. The van der Waals surface area contributed by atoms with E-state index in [1.165, 1.54) is 0 Å². The van der Waals surface area contributed by atoms with Crippen LogP contribution in [0.1, 0.15) is 59.6 Å². The van der Waals surface area contributed by atoms with Crippen LogP contribution in [0.5, 0.6) is 0 Å². The summed E-state index contributed by atoms with van der Waals surface area (Å²) in [5.41, 5.74) is 3.44. The molecule has 1 amide bonds. The number of aromatic nitrogens is 4. The van der Waals surface area contributed by atoms with Crippen molar-refractivity contribution < 1.29 is 9.59 Å². The summed E-state index contributed by atoms with van der Waals surface area (Å²) in [5, 5.41) is 16.2. The maximum absolute atomic E-state index is 12.9. The largest absolute Gasteiger partial charge is 0.349 e. The SMILES string of the molecule is O=CCCc1ccc2c(C(=O)N[C@H]3CC4(C3)C[C@H](c3n[nH]c(=O)c5ccccc53)C4)cnn2c1. The van der Waals surface area contributed by atoms with Gasteiger partial charge in [-0.15, -0.1) is 0 Å². The van der Waals surface area contributed by atoms with Crippen LogP contribution in [-0.2, 0) is 11.2 Å². The molecule has 3 heterocycles. The molecule has 4 aromatic rings. The smallest absolute Gasteiger partial charge is 0.272 e. The molecule has 0 radical (unpaired) electrons. The Morgan fingerprint density at radius 1 is 1.15 bits per heavy atom. The van der Waals surface area contributed by atoms with E-state index in [1.807, 2.05) is 42.6 Å². The number of hydrogen-bond donors (Lipinski definition) is 2. The lowest BCUT2D eigenvalue weighted by Crippen LogP contribution is -2.55. The fourth-order valence-electron chi connectivity index (χ4n) is 5.89. The van der Waals surface area contributed by atoms with Crippen LogP contribution in [0, 0.1) is 5.41 Å². The van der Waals surface area contributed by atoms with Crippen LogP contribution in [-0.4, -0.2) is 38.0 Å². The van der Waals surface area contributed by atoms with Crippen molar-refractivity contribution in [1.82, 2.24) is 25.1 Å². The standard InChI is InChI=1S/C26H25N5O3/c32-9-3-4-16-7-8-22-21(14-27-31(22)15-16)24(33)28-18-12-26(13-18)10-17(11-26)23-19-5-1-2-6-20(19)25(34)30-29-23/h1-2,5-9,14-15,17-18H,3-4,10-13H2,(H,28,33)(H,30,34)/t17-,18-,26?. The molecule has 172 valence electrons. The van der Waals surface area contributed by atoms with E-state index in [9.17, 15) is 14.4 Å². The summed E-state index contributed by atoms with van der Waals surface area (Å²) >= 11 is 0.